The van der Waals surface area contributed by atoms with E-state index >= 15 is 0 Å². The van der Waals surface area contributed by atoms with Crippen molar-refractivity contribution in [1.29, 1.82) is 0 Å². The summed E-state index contributed by atoms with van der Waals surface area (Å²) >= 11 is 0.775. The maximum absolute atomic E-state index is 12.8. The van der Waals surface area contributed by atoms with Gasteiger partial charge in [-0.25, -0.2) is 0 Å². The molecular weight excluding hydrogens is 466 g/mol. The number of aryl methyl sites for hydroxylation is 1. The Hall–Kier alpha value is -3.85. The number of nitrogens with zero attached hydrogens (tertiary/aromatic N) is 2. The van der Waals surface area contributed by atoms with E-state index in [0.717, 1.165) is 38.8 Å². The molecule has 0 aliphatic carbocycles. The molecule has 180 valence electrons. The van der Waals surface area contributed by atoms with Crippen molar-refractivity contribution in [2.45, 2.75) is 33.4 Å². The van der Waals surface area contributed by atoms with Crippen LogP contribution < -0.4 is 5.32 Å². The van der Waals surface area contributed by atoms with Crippen molar-refractivity contribution >= 4 is 57.5 Å². The van der Waals surface area contributed by atoms with Crippen LogP contribution in [0.2, 0.25) is 0 Å². The number of imide groups is 1. The Morgan fingerprint density at radius 3 is 2.60 bits per heavy atom. The fraction of sp³-hybridized carbons (Fsp3) is 0.231. The molecule has 8 nitrogen and oxygen atoms in total. The first-order chi connectivity index (χ1) is 16.7. The fourth-order valence-corrected chi connectivity index (χ4v) is 4.64. The summed E-state index contributed by atoms with van der Waals surface area (Å²) in [6.45, 7) is 4.99. The number of amides is 3. The van der Waals surface area contributed by atoms with E-state index in [1.165, 1.54) is 0 Å². The van der Waals surface area contributed by atoms with Gasteiger partial charge in [-0.1, -0.05) is 30.3 Å². The van der Waals surface area contributed by atoms with Gasteiger partial charge in [0.05, 0.1) is 11.0 Å². The first kappa shape index (κ1) is 24.3. The molecule has 0 spiro atoms. The van der Waals surface area contributed by atoms with E-state index in [0.29, 0.717) is 5.56 Å². The molecule has 1 aliphatic heterocycles. The normalized spacial score (nSPS) is 14.9. The van der Waals surface area contributed by atoms with Crippen molar-refractivity contribution in [1.82, 2.24) is 9.47 Å². The Kier molecular flexibility index (Phi) is 7.07. The quantitative estimate of drug-likeness (QED) is 0.384. The highest BCUT2D eigenvalue weighted by Crippen LogP contribution is 2.34. The van der Waals surface area contributed by atoms with Crippen LogP contribution in [0.5, 0.6) is 0 Å². The predicted molar refractivity (Wildman–Crippen MR) is 136 cm³/mol. The molecule has 3 amide bonds. The molecular formula is C26H25N3O5S. The maximum Gasteiger partial charge on any atom is 0.326 e. The summed E-state index contributed by atoms with van der Waals surface area (Å²) in [6.07, 6.45) is 3.06. The lowest BCUT2D eigenvalue weighted by Gasteiger charge is -2.13. The minimum Gasteiger partial charge on any atom is -0.462 e. The number of thioether (sulfide) groups is 1. The van der Waals surface area contributed by atoms with Crippen molar-refractivity contribution < 1.29 is 23.9 Å². The third-order valence-electron chi connectivity index (χ3n) is 5.25. The van der Waals surface area contributed by atoms with Crippen LogP contribution in [0, 0.1) is 6.92 Å². The number of rotatable bonds is 7. The molecule has 1 saturated heterocycles. The first-order valence-corrected chi connectivity index (χ1v) is 11.9. The van der Waals surface area contributed by atoms with Gasteiger partial charge in [0.15, 0.2) is 0 Å². The molecule has 0 unspecified atom stereocenters. The molecule has 0 saturated carbocycles. The van der Waals surface area contributed by atoms with Gasteiger partial charge in [-0.15, -0.1) is 0 Å². The lowest BCUT2D eigenvalue weighted by atomic mass is 10.1. The average Bonchev–Trinajstić information content (AvgIpc) is 3.25. The zero-order valence-corrected chi connectivity index (χ0v) is 20.4. The zero-order chi connectivity index (χ0) is 25.1. The van der Waals surface area contributed by atoms with Crippen molar-refractivity contribution in [2.24, 2.45) is 0 Å². The van der Waals surface area contributed by atoms with Crippen LogP contribution in [0.15, 0.2) is 59.6 Å². The van der Waals surface area contributed by atoms with Gasteiger partial charge in [-0.2, -0.15) is 0 Å². The van der Waals surface area contributed by atoms with Crippen molar-refractivity contribution in [2.75, 3.05) is 11.9 Å². The summed E-state index contributed by atoms with van der Waals surface area (Å²) < 4.78 is 6.86. The minimum absolute atomic E-state index is 0.0742. The smallest absolute Gasteiger partial charge is 0.326 e. The number of para-hydroxylation sites is 1. The summed E-state index contributed by atoms with van der Waals surface area (Å²) in [5.41, 5.74) is 3.27. The van der Waals surface area contributed by atoms with Crippen LogP contribution in [-0.4, -0.2) is 45.1 Å². The molecule has 0 atom stereocenters. The van der Waals surface area contributed by atoms with Crippen molar-refractivity contribution in [3.63, 3.8) is 0 Å². The molecule has 4 rings (SSSR count). The van der Waals surface area contributed by atoms with E-state index in [1.54, 1.807) is 30.7 Å². The highest BCUT2D eigenvalue weighted by atomic mass is 32.2. The van der Waals surface area contributed by atoms with Gasteiger partial charge in [0.25, 0.3) is 11.1 Å². The van der Waals surface area contributed by atoms with Crippen LogP contribution in [0.3, 0.4) is 0 Å². The second-order valence-electron chi connectivity index (χ2n) is 8.45. The van der Waals surface area contributed by atoms with E-state index in [-0.39, 0.29) is 23.5 Å². The minimum atomic E-state index is -0.639. The van der Waals surface area contributed by atoms with E-state index in [2.05, 4.69) is 5.32 Å². The predicted octanol–water partition coefficient (Wildman–Crippen LogP) is 4.58. The molecule has 2 aromatic carbocycles. The Morgan fingerprint density at radius 2 is 1.86 bits per heavy atom. The Balaban J connectivity index is 1.56. The number of aromatic nitrogens is 1. The molecule has 9 heteroatoms. The standard InChI is InChI=1S/C26H25N3O5S/c1-16(2)34-24(31)15-29-25(32)22(35-26(29)33)12-18-13-28(21-10-5-4-9-20(18)21)14-23(30)27-19-8-6-7-17(3)11-19/h4-13,16H,14-15H2,1-3H3,(H,27,30)/b22-12+. The van der Waals surface area contributed by atoms with Gasteiger partial charge >= 0.3 is 5.97 Å². The molecule has 0 bridgehead atoms. The molecule has 2 heterocycles. The van der Waals surface area contributed by atoms with Crippen LogP contribution in [-0.2, 0) is 25.7 Å². The number of esters is 1. The Morgan fingerprint density at radius 1 is 1.09 bits per heavy atom. The summed E-state index contributed by atoms with van der Waals surface area (Å²) in [6, 6.07) is 15.1. The third-order valence-corrected chi connectivity index (χ3v) is 6.16. The fourth-order valence-electron chi connectivity index (χ4n) is 3.81. The van der Waals surface area contributed by atoms with Gasteiger partial charge in [-0.05, 0) is 62.4 Å². The first-order valence-electron chi connectivity index (χ1n) is 11.1. The van der Waals surface area contributed by atoms with Crippen molar-refractivity contribution in [3.05, 3.63) is 70.8 Å². The molecule has 3 aromatic rings. The van der Waals surface area contributed by atoms with Crippen LogP contribution in [0.25, 0.3) is 17.0 Å². The molecule has 1 N–H and O–H groups in total. The number of hydrogen-bond acceptors (Lipinski definition) is 6. The number of carbonyl (C=O) groups excluding carboxylic acids is 4. The van der Waals surface area contributed by atoms with Crippen LogP contribution >= 0.6 is 11.8 Å². The number of benzene rings is 2. The monoisotopic (exact) mass is 491 g/mol. The van der Waals surface area contributed by atoms with Crippen LogP contribution in [0.4, 0.5) is 10.5 Å². The molecule has 1 fully saturated rings. The van der Waals surface area contributed by atoms with E-state index in [9.17, 15) is 19.2 Å². The second-order valence-corrected chi connectivity index (χ2v) is 9.45. The molecule has 1 aliphatic rings. The number of anilines is 1. The Bertz CT molecular complexity index is 1360. The average molecular weight is 492 g/mol. The number of ether oxygens (including phenoxy) is 1. The maximum atomic E-state index is 12.8. The van der Waals surface area contributed by atoms with E-state index in [4.69, 9.17) is 4.74 Å². The largest absolute Gasteiger partial charge is 0.462 e. The van der Waals surface area contributed by atoms with E-state index < -0.39 is 23.7 Å². The lowest BCUT2D eigenvalue weighted by molar-refractivity contribution is -0.149. The molecule has 0 radical (unpaired) electrons. The summed E-state index contributed by atoms with van der Waals surface area (Å²) in [5, 5.41) is 3.21. The second kappa shape index (κ2) is 10.2. The zero-order valence-electron chi connectivity index (χ0n) is 19.6. The Labute approximate surface area is 206 Å². The van der Waals surface area contributed by atoms with Crippen molar-refractivity contribution in [3.8, 4) is 0 Å². The molecule has 35 heavy (non-hydrogen) atoms. The summed E-state index contributed by atoms with van der Waals surface area (Å²) in [7, 11) is 0. The van der Waals surface area contributed by atoms with E-state index in [1.807, 2.05) is 55.5 Å². The lowest BCUT2D eigenvalue weighted by Crippen LogP contribution is -2.35. The highest BCUT2D eigenvalue weighted by molar-refractivity contribution is 8.18. The van der Waals surface area contributed by atoms with Crippen LogP contribution in [0.1, 0.15) is 25.0 Å². The molecule has 1 aromatic heterocycles. The third kappa shape index (κ3) is 5.63. The van der Waals surface area contributed by atoms with Gasteiger partial charge in [0, 0.05) is 28.4 Å². The van der Waals surface area contributed by atoms with Gasteiger partial charge in [0.1, 0.15) is 13.1 Å². The van der Waals surface area contributed by atoms with Gasteiger partial charge < -0.3 is 14.6 Å². The SMILES string of the molecule is Cc1cccc(NC(=O)Cn2cc(/C=C3/SC(=O)N(CC(=O)OC(C)C)C3=O)c3ccccc32)c1. The summed E-state index contributed by atoms with van der Waals surface area (Å²) in [4.78, 5) is 51.0. The number of nitrogens with one attached hydrogen (secondary N) is 1. The number of hydrogen-bond donors (Lipinski definition) is 1. The van der Waals surface area contributed by atoms with Gasteiger partial charge in [0.2, 0.25) is 5.91 Å². The number of fused-ring (bicyclic) bond motifs is 1. The highest BCUT2D eigenvalue weighted by Gasteiger charge is 2.37. The topological polar surface area (TPSA) is 97.7 Å². The summed E-state index contributed by atoms with van der Waals surface area (Å²) in [5.74, 6) is -1.37. The number of carbonyl (C=O) groups is 4. The van der Waals surface area contributed by atoms with Gasteiger partial charge in [-0.3, -0.25) is 24.1 Å².